The van der Waals surface area contributed by atoms with Gasteiger partial charge in [0, 0.05) is 37.8 Å². The number of aromatic nitrogens is 2. The molecule has 2 aliphatic heterocycles. The molecule has 2 aliphatic rings. The molecule has 1 aromatic rings. The van der Waals surface area contributed by atoms with Gasteiger partial charge in [-0.25, -0.2) is 9.97 Å². The number of hydrogen-bond donors (Lipinski definition) is 1. The summed E-state index contributed by atoms with van der Waals surface area (Å²) in [5.41, 5.74) is 5.95. The van der Waals surface area contributed by atoms with E-state index in [1.165, 1.54) is 12.8 Å². The standard InChI is InChI=1S/C14H23N5/c1-10-3-5-18(6-4-10)13-7-14(17-9-16-13)19-8-12(15)11(19)2/h7,9-12H,3-6,8,15H2,1-2H3. The summed E-state index contributed by atoms with van der Waals surface area (Å²) in [7, 11) is 0. The van der Waals surface area contributed by atoms with Crippen LogP contribution in [0.1, 0.15) is 26.7 Å². The monoisotopic (exact) mass is 261 g/mol. The minimum absolute atomic E-state index is 0.272. The van der Waals surface area contributed by atoms with Gasteiger partial charge in [0.15, 0.2) is 0 Å². The molecule has 0 radical (unpaired) electrons. The first-order valence-electron chi connectivity index (χ1n) is 7.24. The maximum Gasteiger partial charge on any atom is 0.134 e. The van der Waals surface area contributed by atoms with E-state index in [4.69, 9.17) is 5.73 Å². The number of piperidine rings is 1. The summed E-state index contributed by atoms with van der Waals surface area (Å²) in [6.45, 7) is 7.58. The first-order chi connectivity index (χ1) is 9.15. The predicted molar refractivity (Wildman–Crippen MR) is 77.4 cm³/mol. The van der Waals surface area contributed by atoms with Crippen LogP contribution in [0.25, 0.3) is 0 Å². The van der Waals surface area contributed by atoms with Crippen molar-refractivity contribution in [2.45, 2.75) is 38.8 Å². The third kappa shape index (κ3) is 2.39. The van der Waals surface area contributed by atoms with Crippen LogP contribution in [-0.2, 0) is 0 Å². The predicted octanol–water partition coefficient (Wildman–Crippen LogP) is 1.25. The molecule has 2 unspecified atom stereocenters. The molecule has 5 heteroatoms. The van der Waals surface area contributed by atoms with Crippen molar-refractivity contribution >= 4 is 11.6 Å². The van der Waals surface area contributed by atoms with Gasteiger partial charge in [-0.05, 0) is 25.7 Å². The lowest BCUT2D eigenvalue weighted by molar-refractivity contribution is 0.401. The Hall–Kier alpha value is -1.36. The second kappa shape index (κ2) is 4.96. The van der Waals surface area contributed by atoms with Crippen molar-refractivity contribution in [2.75, 3.05) is 29.4 Å². The van der Waals surface area contributed by atoms with Gasteiger partial charge >= 0.3 is 0 Å². The van der Waals surface area contributed by atoms with Gasteiger partial charge in [0.2, 0.25) is 0 Å². The Balaban J connectivity index is 1.73. The molecule has 104 valence electrons. The highest BCUT2D eigenvalue weighted by atomic mass is 15.3. The minimum atomic E-state index is 0.272. The summed E-state index contributed by atoms with van der Waals surface area (Å²) in [6, 6.07) is 2.76. The van der Waals surface area contributed by atoms with Crippen LogP contribution in [0, 0.1) is 5.92 Å². The smallest absolute Gasteiger partial charge is 0.134 e. The molecule has 0 bridgehead atoms. The molecule has 2 atom stereocenters. The fraction of sp³-hybridized carbons (Fsp3) is 0.714. The van der Waals surface area contributed by atoms with Crippen molar-refractivity contribution < 1.29 is 0 Å². The van der Waals surface area contributed by atoms with E-state index in [9.17, 15) is 0 Å². The molecule has 0 saturated carbocycles. The van der Waals surface area contributed by atoms with Gasteiger partial charge in [-0.2, -0.15) is 0 Å². The molecular formula is C14H23N5. The van der Waals surface area contributed by atoms with Crippen LogP contribution < -0.4 is 15.5 Å². The summed E-state index contributed by atoms with van der Waals surface area (Å²) < 4.78 is 0. The topological polar surface area (TPSA) is 58.3 Å². The summed E-state index contributed by atoms with van der Waals surface area (Å²) in [5, 5.41) is 0. The summed E-state index contributed by atoms with van der Waals surface area (Å²) in [6.07, 6.45) is 4.19. The molecule has 0 aliphatic carbocycles. The van der Waals surface area contributed by atoms with Gasteiger partial charge in [0.05, 0.1) is 0 Å². The van der Waals surface area contributed by atoms with E-state index in [2.05, 4.69) is 39.7 Å². The summed E-state index contributed by atoms with van der Waals surface area (Å²) in [5.74, 6) is 2.91. The van der Waals surface area contributed by atoms with E-state index in [1.54, 1.807) is 6.33 Å². The van der Waals surface area contributed by atoms with E-state index in [1.807, 2.05) is 0 Å². The zero-order valence-electron chi connectivity index (χ0n) is 11.8. The maximum atomic E-state index is 5.95. The molecule has 1 aromatic heterocycles. The third-order valence-corrected chi connectivity index (χ3v) is 4.56. The molecule has 3 rings (SSSR count). The van der Waals surface area contributed by atoms with Gasteiger partial charge in [-0.3, -0.25) is 0 Å². The number of nitrogens with zero attached hydrogens (tertiary/aromatic N) is 4. The Morgan fingerprint density at radius 2 is 1.84 bits per heavy atom. The Kier molecular flexibility index (Phi) is 3.31. The van der Waals surface area contributed by atoms with Gasteiger partial charge in [0.25, 0.3) is 0 Å². The quantitative estimate of drug-likeness (QED) is 0.868. The highest BCUT2D eigenvalue weighted by molar-refractivity contribution is 5.53. The molecule has 0 aromatic carbocycles. The lowest BCUT2D eigenvalue weighted by atomic mass is 9.99. The van der Waals surface area contributed by atoms with Gasteiger partial charge in [-0.15, -0.1) is 0 Å². The van der Waals surface area contributed by atoms with Gasteiger partial charge in [-0.1, -0.05) is 6.92 Å². The molecule has 2 fully saturated rings. The van der Waals surface area contributed by atoms with E-state index >= 15 is 0 Å². The fourth-order valence-electron chi connectivity index (χ4n) is 2.85. The van der Waals surface area contributed by atoms with E-state index in [-0.39, 0.29) is 6.04 Å². The van der Waals surface area contributed by atoms with Crippen molar-refractivity contribution in [1.82, 2.24) is 9.97 Å². The first kappa shape index (κ1) is 12.7. The maximum absolute atomic E-state index is 5.95. The number of anilines is 2. The number of rotatable bonds is 2. The summed E-state index contributed by atoms with van der Waals surface area (Å²) >= 11 is 0. The van der Waals surface area contributed by atoms with E-state index in [0.29, 0.717) is 6.04 Å². The Bertz CT molecular complexity index is 441. The van der Waals surface area contributed by atoms with Crippen molar-refractivity contribution in [3.63, 3.8) is 0 Å². The second-order valence-electron chi connectivity index (χ2n) is 5.96. The SMILES string of the molecule is CC1CCN(c2cc(N3CC(N)C3C)ncn2)CC1. The van der Waals surface area contributed by atoms with Crippen LogP contribution in [0.2, 0.25) is 0 Å². The highest BCUT2D eigenvalue weighted by Crippen LogP contribution is 2.27. The van der Waals surface area contributed by atoms with E-state index < -0.39 is 0 Å². The van der Waals surface area contributed by atoms with Crippen LogP contribution in [0.5, 0.6) is 0 Å². The zero-order valence-corrected chi connectivity index (χ0v) is 11.8. The lowest BCUT2D eigenvalue weighted by Crippen LogP contribution is -2.63. The number of nitrogens with two attached hydrogens (primary N) is 1. The van der Waals surface area contributed by atoms with Gasteiger partial charge < -0.3 is 15.5 Å². The zero-order chi connectivity index (χ0) is 13.4. The molecule has 3 heterocycles. The Morgan fingerprint density at radius 1 is 1.16 bits per heavy atom. The molecular weight excluding hydrogens is 238 g/mol. The summed E-state index contributed by atoms with van der Waals surface area (Å²) in [4.78, 5) is 13.4. The average molecular weight is 261 g/mol. The van der Waals surface area contributed by atoms with Crippen LogP contribution in [0.15, 0.2) is 12.4 Å². The van der Waals surface area contributed by atoms with Crippen molar-refractivity contribution in [3.05, 3.63) is 12.4 Å². The number of hydrogen-bond acceptors (Lipinski definition) is 5. The molecule has 2 saturated heterocycles. The second-order valence-corrected chi connectivity index (χ2v) is 5.96. The van der Waals surface area contributed by atoms with Gasteiger partial charge in [0.1, 0.15) is 18.0 Å². The highest BCUT2D eigenvalue weighted by Gasteiger charge is 2.33. The Labute approximate surface area is 114 Å². The molecule has 2 N–H and O–H groups in total. The third-order valence-electron chi connectivity index (χ3n) is 4.56. The molecule has 5 nitrogen and oxygen atoms in total. The van der Waals surface area contributed by atoms with Crippen LogP contribution in [0.4, 0.5) is 11.6 Å². The largest absolute Gasteiger partial charge is 0.356 e. The normalized spacial score (nSPS) is 28.4. The van der Waals surface area contributed by atoms with Crippen LogP contribution in [-0.4, -0.2) is 41.7 Å². The Morgan fingerprint density at radius 3 is 2.47 bits per heavy atom. The average Bonchev–Trinajstić information content (AvgIpc) is 2.45. The van der Waals surface area contributed by atoms with Crippen molar-refractivity contribution in [2.24, 2.45) is 11.7 Å². The van der Waals surface area contributed by atoms with Crippen molar-refractivity contribution in [1.29, 1.82) is 0 Å². The van der Waals surface area contributed by atoms with Crippen molar-refractivity contribution in [3.8, 4) is 0 Å². The molecule has 19 heavy (non-hydrogen) atoms. The first-order valence-corrected chi connectivity index (χ1v) is 7.24. The fourth-order valence-corrected chi connectivity index (χ4v) is 2.85. The van der Waals surface area contributed by atoms with Crippen LogP contribution >= 0.6 is 0 Å². The van der Waals surface area contributed by atoms with E-state index in [0.717, 1.165) is 37.2 Å². The van der Waals surface area contributed by atoms with Crippen LogP contribution in [0.3, 0.4) is 0 Å². The lowest BCUT2D eigenvalue weighted by Gasteiger charge is -2.45. The molecule has 0 spiro atoms. The molecule has 0 amide bonds. The minimum Gasteiger partial charge on any atom is -0.356 e.